The number of ether oxygens (including phenoxy) is 1. The van der Waals surface area contributed by atoms with Crippen LogP contribution in [0.3, 0.4) is 0 Å². The summed E-state index contributed by atoms with van der Waals surface area (Å²) in [5, 5.41) is 3.16. The van der Waals surface area contributed by atoms with Gasteiger partial charge in [-0.2, -0.15) is 0 Å². The van der Waals surface area contributed by atoms with Crippen molar-refractivity contribution >= 4 is 5.91 Å². The molecule has 0 radical (unpaired) electrons. The number of halogens is 1. The van der Waals surface area contributed by atoms with Crippen LogP contribution in [-0.2, 0) is 4.79 Å². The molecule has 1 aromatic rings. The molecule has 0 bridgehead atoms. The normalized spacial score (nSPS) is 16.3. The molecule has 1 atom stereocenters. The van der Waals surface area contributed by atoms with Crippen molar-refractivity contribution in [3.8, 4) is 5.75 Å². The van der Waals surface area contributed by atoms with Gasteiger partial charge in [0, 0.05) is 18.5 Å². The minimum absolute atomic E-state index is 0.330. The maximum absolute atomic E-state index is 12.9. The van der Waals surface area contributed by atoms with Crippen molar-refractivity contribution in [2.45, 2.75) is 31.3 Å². The fourth-order valence-corrected chi connectivity index (χ4v) is 1.69. The number of nitrogens with one attached hydrogen (secondary N) is 1. The van der Waals surface area contributed by atoms with Crippen LogP contribution >= 0.6 is 0 Å². The molecule has 0 heterocycles. The first-order valence-electron chi connectivity index (χ1n) is 6.09. The summed E-state index contributed by atoms with van der Waals surface area (Å²) >= 11 is 0. The Balaban J connectivity index is 1.77. The average Bonchev–Trinajstić information content (AvgIpc) is 3.11. The van der Waals surface area contributed by atoms with Crippen molar-refractivity contribution in [3.05, 3.63) is 30.1 Å². The molecule has 1 aliphatic rings. The summed E-state index contributed by atoms with van der Waals surface area (Å²) in [6.45, 7) is 0.330. The second kappa shape index (κ2) is 5.82. The van der Waals surface area contributed by atoms with Crippen molar-refractivity contribution in [1.29, 1.82) is 0 Å². The van der Waals surface area contributed by atoms with Crippen molar-refractivity contribution in [1.82, 2.24) is 5.32 Å². The van der Waals surface area contributed by atoms with Crippen molar-refractivity contribution in [2.75, 3.05) is 6.61 Å². The molecule has 3 N–H and O–H groups in total. The van der Waals surface area contributed by atoms with E-state index in [9.17, 15) is 9.18 Å². The van der Waals surface area contributed by atoms with E-state index in [-0.39, 0.29) is 17.8 Å². The van der Waals surface area contributed by atoms with E-state index in [0.717, 1.165) is 12.8 Å². The molecule has 1 unspecified atom stereocenters. The van der Waals surface area contributed by atoms with Gasteiger partial charge in [-0.25, -0.2) is 4.39 Å². The molecule has 0 aliphatic heterocycles. The second-order valence-corrected chi connectivity index (χ2v) is 4.49. The third-order valence-electron chi connectivity index (χ3n) is 2.83. The van der Waals surface area contributed by atoms with Gasteiger partial charge in [0.05, 0.1) is 12.6 Å². The fraction of sp³-hybridized carbons (Fsp3) is 0.462. The number of amides is 1. The zero-order chi connectivity index (χ0) is 13.0. The molecule has 0 aromatic heterocycles. The summed E-state index contributed by atoms with van der Waals surface area (Å²) in [5.74, 6) is -0.246. The number of nitrogens with two attached hydrogens (primary N) is 1. The Hall–Kier alpha value is -1.62. The highest BCUT2D eigenvalue weighted by molar-refractivity contribution is 5.79. The van der Waals surface area contributed by atoms with Crippen LogP contribution in [0.5, 0.6) is 5.75 Å². The second-order valence-electron chi connectivity index (χ2n) is 4.49. The highest BCUT2D eigenvalue weighted by Crippen LogP contribution is 2.20. The van der Waals surface area contributed by atoms with E-state index in [1.165, 1.54) is 12.1 Å². The van der Waals surface area contributed by atoms with Crippen LogP contribution in [0.15, 0.2) is 24.3 Å². The van der Waals surface area contributed by atoms with Gasteiger partial charge in [0.15, 0.2) is 0 Å². The number of hydrogen-bond acceptors (Lipinski definition) is 3. The average molecular weight is 252 g/mol. The maximum Gasteiger partial charge on any atom is 0.234 e. The molecule has 98 valence electrons. The summed E-state index contributed by atoms with van der Waals surface area (Å²) in [5.41, 5.74) is 5.30. The summed E-state index contributed by atoms with van der Waals surface area (Å²) < 4.78 is 18.3. The number of benzene rings is 1. The number of hydrogen-bond donors (Lipinski definition) is 2. The highest BCUT2D eigenvalue weighted by Gasteiger charge is 2.26. The summed E-state index contributed by atoms with van der Waals surface area (Å²) in [7, 11) is 0. The number of primary amides is 1. The van der Waals surface area contributed by atoms with E-state index in [1.807, 2.05) is 0 Å². The summed E-state index contributed by atoms with van der Waals surface area (Å²) in [4.78, 5) is 11.2. The predicted molar refractivity (Wildman–Crippen MR) is 65.7 cm³/mol. The van der Waals surface area contributed by atoms with Gasteiger partial charge in [-0.15, -0.1) is 0 Å². The smallest absolute Gasteiger partial charge is 0.234 e. The molecule has 0 saturated heterocycles. The van der Waals surface area contributed by atoms with Crippen LogP contribution in [0.4, 0.5) is 4.39 Å². The van der Waals surface area contributed by atoms with E-state index in [0.29, 0.717) is 24.8 Å². The van der Waals surface area contributed by atoms with E-state index in [4.69, 9.17) is 10.5 Å². The lowest BCUT2D eigenvalue weighted by atomic mass is 10.2. The predicted octanol–water partition coefficient (Wildman–Crippen LogP) is 1.20. The van der Waals surface area contributed by atoms with Crippen LogP contribution < -0.4 is 15.8 Å². The monoisotopic (exact) mass is 252 g/mol. The summed E-state index contributed by atoms with van der Waals surface area (Å²) in [6.07, 6.45) is 2.67. The molecule has 5 heteroatoms. The number of rotatable bonds is 7. The van der Waals surface area contributed by atoms with Crippen LogP contribution in [0, 0.1) is 5.82 Å². The van der Waals surface area contributed by atoms with Gasteiger partial charge in [-0.1, -0.05) is 6.07 Å². The zero-order valence-corrected chi connectivity index (χ0v) is 10.1. The van der Waals surface area contributed by atoms with Gasteiger partial charge in [-0.05, 0) is 25.0 Å². The van der Waals surface area contributed by atoms with Gasteiger partial charge in [0.2, 0.25) is 5.91 Å². The Bertz CT molecular complexity index is 421. The van der Waals surface area contributed by atoms with Gasteiger partial charge in [0.25, 0.3) is 0 Å². The number of carbonyl (C=O) groups is 1. The van der Waals surface area contributed by atoms with Gasteiger partial charge >= 0.3 is 0 Å². The van der Waals surface area contributed by atoms with Gasteiger partial charge < -0.3 is 15.8 Å². The standard InChI is InChI=1S/C13H17FN2O2/c14-9-2-1-3-11(8-9)18-7-6-12(13(15)17)16-10-4-5-10/h1-3,8,10,12,16H,4-7H2,(H2,15,17). The molecule has 2 rings (SSSR count). The minimum atomic E-state index is -0.371. The lowest BCUT2D eigenvalue weighted by Gasteiger charge is -2.15. The Morgan fingerprint density at radius 2 is 2.33 bits per heavy atom. The van der Waals surface area contributed by atoms with E-state index in [2.05, 4.69) is 5.32 Å². The largest absolute Gasteiger partial charge is 0.493 e. The van der Waals surface area contributed by atoms with E-state index < -0.39 is 0 Å². The molecule has 4 nitrogen and oxygen atoms in total. The molecule has 0 spiro atoms. The Morgan fingerprint density at radius 1 is 1.56 bits per heavy atom. The third-order valence-corrected chi connectivity index (χ3v) is 2.83. The minimum Gasteiger partial charge on any atom is -0.493 e. The molecule has 1 amide bonds. The lowest BCUT2D eigenvalue weighted by Crippen LogP contribution is -2.43. The fourth-order valence-electron chi connectivity index (χ4n) is 1.69. The van der Waals surface area contributed by atoms with Crippen LogP contribution in [0.25, 0.3) is 0 Å². The first-order chi connectivity index (χ1) is 8.65. The molecule has 1 aromatic carbocycles. The SMILES string of the molecule is NC(=O)C(CCOc1cccc(F)c1)NC1CC1. The molecular weight excluding hydrogens is 235 g/mol. The first-order valence-corrected chi connectivity index (χ1v) is 6.09. The molecular formula is C13H17FN2O2. The topological polar surface area (TPSA) is 64.4 Å². The van der Waals surface area contributed by atoms with Gasteiger partial charge in [-0.3, -0.25) is 4.79 Å². The van der Waals surface area contributed by atoms with Crippen molar-refractivity contribution < 1.29 is 13.9 Å². The first kappa shape index (κ1) is 12.8. The molecule has 1 fully saturated rings. The number of carbonyl (C=O) groups excluding carboxylic acids is 1. The quantitative estimate of drug-likeness (QED) is 0.766. The highest BCUT2D eigenvalue weighted by atomic mass is 19.1. The Kier molecular flexibility index (Phi) is 4.15. The Morgan fingerprint density at radius 3 is 2.94 bits per heavy atom. The summed E-state index contributed by atoms with van der Waals surface area (Å²) in [6, 6.07) is 5.97. The third kappa shape index (κ3) is 4.00. The van der Waals surface area contributed by atoms with Crippen molar-refractivity contribution in [3.63, 3.8) is 0 Å². The maximum atomic E-state index is 12.9. The molecule has 1 aliphatic carbocycles. The van der Waals surface area contributed by atoms with E-state index in [1.54, 1.807) is 12.1 Å². The Labute approximate surface area is 105 Å². The van der Waals surface area contributed by atoms with Crippen LogP contribution in [-0.4, -0.2) is 24.6 Å². The molecule has 18 heavy (non-hydrogen) atoms. The van der Waals surface area contributed by atoms with E-state index >= 15 is 0 Å². The van der Waals surface area contributed by atoms with Crippen LogP contribution in [0.2, 0.25) is 0 Å². The lowest BCUT2D eigenvalue weighted by molar-refractivity contribution is -0.120. The van der Waals surface area contributed by atoms with Crippen molar-refractivity contribution in [2.24, 2.45) is 5.73 Å². The van der Waals surface area contributed by atoms with Gasteiger partial charge in [0.1, 0.15) is 11.6 Å². The van der Waals surface area contributed by atoms with Crippen LogP contribution in [0.1, 0.15) is 19.3 Å². The molecule has 1 saturated carbocycles. The zero-order valence-electron chi connectivity index (χ0n) is 10.1.